The molecule has 0 rings (SSSR count). The van der Waals surface area contributed by atoms with Crippen LogP contribution < -0.4 is 0 Å². The van der Waals surface area contributed by atoms with Gasteiger partial charge in [-0.05, 0) is 0 Å². The molecule has 0 amide bonds. The molecule has 0 aromatic carbocycles. The molecule has 11 heavy (non-hydrogen) atoms. The van der Waals surface area contributed by atoms with Gasteiger partial charge in [-0.3, -0.25) is 0 Å². The van der Waals surface area contributed by atoms with Gasteiger partial charge in [-0.25, -0.2) is 0 Å². The molecule has 0 N–H and O–H groups in total. The molecular formula is C8H18NPS. The van der Waals surface area contributed by atoms with Gasteiger partial charge in [0.15, 0.2) is 0 Å². The molecule has 0 aliphatic rings. The zero-order chi connectivity index (χ0) is 8.98. The van der Waals surface area contributed by atoms with Crippen LogP contribution in [0.25, 0.3) is 0 Å². The summed E-state index contributed by atoms with van der Waals surface area (Å²) in [6.07, 6.45) is 3.73. The van der Waals surface area contributed by atoms with Crippen molar-refractivity contribution in [2.75, 3.05) is 26.2 Å². The second-order valence-electron chi connectivity index (χ2n) is 4.23. The fraction of sp³-hybridized carbons (Fsp3) is 0.875. The van der Waals surface area contributed by atoms with Gasteiger partial charge in [0.1, 0.15) is 0 Å². The van der Waals surface area contributed by atoms with Gasteiger partial charge in [0.25, 0.3) is 0 Å². The van der Waals surface area contributed by atoms with Gasteiger partial charge < -0.3 is 0 Å². The standard InChI is InChI=1S/C8H18NPS/c1-5-6-7-10(2,3,4)11-8-9/h5-7H2,1-4H3. The summed E-state index contributed by atoms with van der Waals surface area (Å²) in [4.78, 5) is 0. The Morgan fingerprint density at radius 2 is 1.91 bits per heavy atom. The van der Waals surface area contributed by atoms with E-state index in [4.69, 9.17) is 5.26 Å². The van der Waals surface area contributed by atoms with Crippen molar-refractivity contribution in [2.45, 2.75) is 19.8 Å². The van der Waals surface area contributed by atoms with E-state index in [9.17, 15) is 0 Å². The van der Waals surface area contributed by atoms with Crippen LogP contribution in [0.3, 0.4) is 0 Å². The Labute approximate surface area is 74.2 Å². The van der Waals surface area contributed by atoms with Gasteiger partial charge in [0.2, 0.25) is 0 Å². The Balaban J connectivity index is 4.05. The van der Waals surface area contributed by atoms with Gasteiger partial charge in [0, 0.05) is 0 Å². The number of unbranched alkanes of at least 4 members (excludes halogenated alkanes) is 1. The normalized spacial score (nSPS) is 15.0. The summed E-state index contributed by atoms with van der Waals surface area (Å²) in [6, 6.07) is 0. The fourth-order valence-corrected chi connectivity index (χ4v) is 4.25. The predicted molar refractivity (Wildman–Crippen MR) is 57.7 cm³/mol. The number of hydrogen-bond donors (Lipinski definition) is 0. The van der Waals surface area contributed by atoms with Crippen LogP contribution in [0.5, 0.6) is 0 Å². The van der Waals surface area contributed by atoms with Gasteiger partial charge in [-0.1, -0.05) is 0 Å². The zero-order valence-corrected chi connectivity index (χ0v) is 9.63. The number of nitriles is 1. The van der Waals surface area contributed by atoms with Gasteiger partial charge in [-0.15, -0.1) is 0 Å². The molecule has 0 aliphatic carbocycles. The fourth-order valence-electron chi connectivity index (χ4n) is 0.894. The number of nitrogens with zero attached hydrogens (tertiary/aromatic N) is 1. The molecule has 0 saturated heterocycles. The maximum absolute atomic E-state index is 8.61. The van der Waals surface area contributed by atoms with Crippen molar-refractivity contribution >= 4 is 17.2 Å². The summed E-state index contributed by atoms with van der Waals surface area (Å²) in [5.74, 6) is -1.63. The van der Waals surface area contributed by atoms with Crippen molar-refractivity contribution < 1.29 is 0 Å². The van der Waals surface area contributed by atoms with E-state index in [-0.39, 0.29) is 0 Å². The van der Waals surface area contributed by atoms with Crippen LogP contribution >= 0.6 is 17.2 Å². The van der Waals surface area contributed by atoms with E-state index in [1.54, 1.807) is 0 Å². The third-order valence-corrected chi connectivity index (χ3v) is 7.08. The molecule has 3 heteroatoms. The van der Waals surface area contributed by atoms with Crippen molar-refractivity contribution in [1.29, 1.82) is 5.26 Å². The molecule has 66 valence electrons. The molecule has 0 aromatic rings. The van der Waals surface area contributed by atoms with Crippen molar-refractivity contribution in [1.82, 2.24) is 0 Å². The molecule has 0 bridgehead atoms. The van der Waals surface area contributed by atoms with Crippen molar-refractivity contribution in [2.24, 2.45) is 0 Å². The summed E-state index contributed by atoms with van der Waals surface area (Å²) in [5.41, 5.74) is 0. The molecule has 0 saturated carbocycles. The average Bonchev–Trinajstić information content (AvgIpc) is 1.83. The number of thiocyanates is 1. The van der Waals surface area contributed by atoms with Crippen LogP contribution in [0.2, 0.25) is 0 Å². The number of rotatable bonds is 4. The molecule has 1 nitrogen and oxygen atoms in total. The molecule has 0 aromatic heterocycles. The zero-order valence-electron chi connectivity index (χ0n) is 7.92. The van der Waals surface area contributed by atoms with E-state index in [0.717, 1.165) is 0 Å². The van der Waals surface area contributed by atoms with Gasteiger partial charge >= 0.3 is 73.8 Å². The summed E-state index contributed by atoms with van der Waals surface area (Å²) in [7, 11) is 0. The van der Waals surface area contributed by atoms with Gasteiger partial charge in [0.05, 0.1) is 0 Å². The molecule has 0 aliphatic heterocycles. The van der Waals surface area contributed by atoms with Crippen LogP contribution in [0.15, 0.2) is 0 Å². The molecule has 0 unspecified atom stereocenters. The monoisotopic (exact) mass is 191 g/mol. The first kappa shape index (κ1) is 11.3. The minimum absolute atomic E-state index is 1.24. The Bertz CT molecular complexity index is 163. The first-order valence-electron chi connectivity index (χ1n) is 3.98. The van der Waals surface area contributed by atoms with Gasteiger partial charge in [-0.2, -0.15) is 0 Å². The van der Waals surface area contributed by atoms with E-state index < -0.39 is 5.81 Å². The van der Waals surface area contributed by atoms with Crippen LogP contribution in [-0.2, 0) is 0 Å². The quantitative estimate of drug-likeness (QED) is 0.502. The first-order valence-corrected chi connectivity index (χ1v) is 9.16. The van der Waals surface area contributed by atoms with E-state index in [0.29, 0.717) is 0 Å². The van der Waals surface area contributed by atoms with Crippen molar-refractivity contribution in [3.63, 3.8) is 0 Å². The molecule has 0 atom stereocenters. The Morgan fingerprint density at radius 1 is 1.36 bits per heavy atom. The molecule has 0 spiro atoms. The van der Waals surface area contributed by atoms with Crippen LogP contribution in [0.4, 0.5) is 0 Å². The third kappa shape index (κ3) is 5.53. The molecular weight excluding hydrogens is 173 g/mol. The summed E-state index contributed by atoms with van der Waals surface area (Å²) in [5, 5.41) is 10.8. The van der Waals surface area contributed by atoms with E-state index in [2.05, 4.69) is 32.3 Å². The second-order valence-corrected chi connectivity index (χ2v) is 15.6. The summed E-state index contributed by atoms with van der Waals surface area (Å²) in [6.45, 7) is 9.02. The van der Waals surface area contributed by atoms with E-state index in [1.165, 1.54) is 30.4 Å². The van der Waals surface area contributed by atoms with Crippen LogP contribution in [0.1, 0.15) is 19.8 Å². The predicted octanol–water partition coefficient (Wildman–Crippen LogP) is 3.36. The van der Waals surface area contributed by atoms with Crippen LogP contribution in [0, 0.1) is 10.7 Å². The summed E-state index contributed by atoms with van der Waals surface area (Å²) >= 11 is 1.51. The average molecular weight is 191 g/mol. The van der Waals surface area contributed by atoms with Crippen LogP contribution in [-0.4, -0.2) is 26.2 Å². The van der Waals surface area contributed by atoms with Crippen molar-refractivity contribution in [3.05, 3.63) is 0 Å². The second kappa shape index (κ2) is 3.78. The topological polar surface area (TPSA) is 23.8 Å². The Hall–Kier alpha value is 0.270. The molecule has 0 heterocycles. The van der Waals surface area contributed by atoms with E-state index >= 15 is 0 Å². The Morgan fingerprint density at radius 3 is 2.27 bits per heavy atom. The Kier molecular flexibility index (Phi) is 3.88. The first-order chi connectivity index (χ1) is 4.89. The molecule has 0 radical (unpaired) electrons. The third-order valence-electron chi connectivity index (χ3n) is 1.65. The number of hydrogen-bond acceptors (Lipinski definition) is 2. The SMILES string of the molecule is CCCCP(C)(C)(C)SC#N. The van der Waals surface area contributed by atoms with E-state index in [1.807, 2.05) is 0 Å². The molecule has 0 fully saturated rings. The summed E-state index contributed by atoms with van der Waals surface area (Å²) < 4.78 is 0. The van der Waals surface area contributed by atoms with Crippen molar-refractivity contribution in [3.8, 4) is 5.40 Å². The minimum atomic E-state index is -1.63. The maximum atomic E-state index is 8.61.